The summed E-state index contributed by atoms with van der Waals surface area (Å²) in [5.74, 6) is 1.13. The summed E-state index contributed by atoms with van der Waals surface area (Å²) in [6, 6.07) is 9.93. The lowest BCUT2D eigenvalue weighted by Gasteiger charge is -2.06. The number of anilines is 1. The minimum absolute atomic E-state index is 0.0755. The monoisotopic (exact) mass is 361 g/mol. The van der Waals surface area contributed by atoms with E-state index in [4.69, 9.17) is 10.00 Å². The highest BCUT2D eigenvalue weighted by molar-refractivity contribution is 8.01. The zero-order chi connectivity index (χ0) is 17.4. The molecule has 0 aliphatic carbocycles. The van der Waals surface area contributed by atoms with Crippen LogP contribution in [0.4, 0.5) is 5.13 Å². The maximum absolute atomic E-state index is 12.0. The lowest BCUT2D eigenvalue weighted by atomic mass is 10.2. The summed E-state index contributed by atoms with van der Waals surface area (Å²) in [6.45, 7) is 4.39. The number of rotatable bonds is 8. The Kier molecular flexibility index (Phi) is 7.09. The van der Waals surface area contributed by atoms with E-state index in [1.54, 1.807) is 0 Å². The first-order valence-corrected chi connectivity index (χ1v) is 9.35. The summed E-state index contributed by atoms with van der Waals surface area (Å²) >= 11 is 2.84. The molecule has 0 atom stereocenters. The van der Waals surface area contributed by atoms with Crippen molar-refractivity contribution < 1.29 is 9.53 Å². The molecule has 2 rings (SSSR count). The lowest BCUT2D eigenvalue weighted by molar-refractivity contribution is -0.116. The van der Waals surface area contributed by atoms with Gasteiger partial charge in [0.25, 0.3) is 0 Å². The van der Waals surface area contributed by atoms with E-state index in [1.165, 1.54) is 23.1 Å². The Balaban J connectivity index is 1.72. The number of ether oxygens (including phenoxy) is 1. The highest BCUT2D eigenvalue weighted by Gasteiger charge is 2.10. The van der Waals surface area contributed by atoms with Crippen molar-refractivity contribution >= 4 is 34.1 Å². The Morgan fingerprint density at radius 1 is 1.46 bits per heavy atom. The van der Waals surface area contributed by atoms with Gasteiger partial charge in [-0.25, -0.2) is 4.98 Å². The van der Waals surface area contributed by atoms with Crippen LogP contribution in [0.1, 0.15) is 24.1 Å². The Labute approximate surface area is 150 Å². The number of amides is 1. The molecule has 1 heterocycles. The van der Waals surface area contributed by atoms with Crippen LogP contribution in [-0.4, -0.2) is 23.3 Å². The molecule has 0 aliphatic rings. The average molecular weight is 361 g/mol. The van der Waals surface area contributed by atoms with Crippen LogP contribution in [0.2, 0.25) is 0 Å². The predicted octanol–water partition coefficient (Wildman–Crippen LogP) is 4.17. The van der Waals surface area contributed by atoms with Gasteiger partial charge in [-0.15, -0.1) is 0 Å². The Bertz CT molecular complexity index is 738. The molecule has 1 aromatic heterocycles. The van der Waals surface area contributed by atoms with E-state index in [0.717, 1.165) is 21.2 Å². The number of thioether (sulfide) groups is 1. The molecule has 0 bridgehead atoms. The molecule has 5 nitrogen and oxygen atoms in total. The maximum atomic E-state index is 12.0. The normalized spacial score (nSPS) is 10.2. The SMILES string of the molecule is Cc1cccc(OCCCC(=O)Nc2nc(C)c(SCC#N)s2)c1. The third-order valence-electron chi connectivity index (χ3n) is 3.07. The molecule has 7 heteroatoms. The molecule has 0 radical (unpaired) electrons. The highest BCUT2D eigenvalue weighted by Crippen LogP contribution is 2.31. The second-order valence-corrected chi connectivity index (χ2v) is 7.40. The van der Waals surface area contributed by atoms with Crippen LogP contribution in [0.5, 0.6) is 5.75 Å². The van der Waals surface area contributed by atoms with Crippen LogP contribution in [0.25, 0.3) is 0 Å². The van der Waals surface area contributed by atoms with Gasteiger partial charge in [0.2, 0.25) is 5.91 Å². The van der Waals surface area contributed by atoms with Crippen molar-refractivity contribution in [2.24, 2.45) is 0 Å². The van der Waals surface area contributed by atoms with Gasteiger partial charge in [0, 0.05) is 6.42 Å². The van der Waals surface area contributed by atoms with Crippen molar-refractivity contribution in [1.82, 2.24) is 4.98 Å². The first-order chi connectivity index (χ1) is 11.6. The van der Waals surface area contributed by atoms with Crippen LogP contribution < -0.4 is 10.1 Å². The Morgan fingerprint density at radius 2 is 2.29 bits per heavy atom. The molecule has 1 amide bonds. The van der Waals surface area contributed by atoms with E-state index in [2.05, 4.69) is 16.4 Å². The summed E-state index contributed by atoms with van der Waals surface area (Å²) in [7, 11) is 0. The minimum atomic E-state index is -0.0755. The number of thiazole rings is 1. The number of aryl methyl sites for hydroxylation is 2. The fourth-order valence-electron chi connectivity index (χ4n) is 1.98. The molecule has 0 saturated carbocycles. The zero-order valence-corrected chi connectivity index (χ0v) is 15.3. The van der Waals surface area contributed by atoms with Gasteiger partial charge in [0.05, 0.1) is 28.3 Å². The molecule has 0 spiro atoms. The average Bonchev–Trinajstić information content (AvgIpc) is 2.89. The number of nitrogens with zero attached hydrogens (tertiary/aromatic N) is 2. The van der Waals surface area contributed by atoms with Crippen LogP contribution in [0.3, 0.4) is 0 Å². The van der Waals surface area contributed by atoms with E-state index in [-0.39, 0.29) is 5.91 Å². The Hall–Kier alpha value is -2.04. The minimum Gasteiger partial charge on any atom is -0.494 e. The number of nitrogens with one attached hydrogen (secondary N) is 1. The van der Waals surface area contributed by atoms with Crippen LogP contribution in [0, 0.1) is 25.2 Å². The molecule has 24 heavy (non-hydrogen) atoms. The summed E-state index contributed by atoms with van der Waals surface area (Å²) < 4.78 is 6.60. The second-order valence-electron chi connectivity index (χ2n) is 5.16. The van der Waals surface area contributed by atoms with Crippen molar-refractivity contribution in [3.8, 4) is 11.8 Å². The molecule has 0 unspecified atom stereocenters. The predicted molar refractivity (Wildman–Crippen MR) is 97.7 cm³/mol. The molecule has 1 aromatic carbocycles. The molecule has 126 valence electrons. The number of aromatic nitrogens is 1. The third-order valence-corrected chi connectivity index (χ3v) is 5.38. The highest BCUT2D eigenvalue weighted by atomic mass is 32.2. The number of hydrogen-bond donors (Lipinski definition) is 1. The van der Waals surface area contributed by atoms with Gasteiger partial charge in [-0.2, -0.15) is 5.26 Å². The van der Waals surface area contributed by atoms with Gasteiger partial charge in [0.1, 0.15) is 5.75 Å². The quantitative estimate of drug-likeness (QED) is 0.564. The summed E-state index contributed by atoms with van der Waals surface area (Å²) in [5.41, 5.74) is 1.99. The van der Waals surface area contributed by atoms with Crippen molar-refractivity contribution in [1.29, 1.82) is 5.26 Å². The first kappa shape index (κ1) is 18.3. The molecule has 2 aromatic rings. The van der Waals surface area contributed by atoms with E-state index in [1.807, 2.05) is 38.1 Å². The second kappa shape index (κ2) is 9.30. The van der Waals surface area contributed by atoms with Gasteiger partial charge >= 0.3 is 0 Å². The first-order valence-electron chi connectivity index (χ1n) is 7.55. The van der Waals surface area contributed by atoms with Crippen LogP contribution >= 0.6 is 23.1 Å². The van der Waals surface area contributed by atoms with Crippen molar-refractivity contribution in [2.45, 2.75) is 30.9 Å². The summed E-state index contributed by atoms with van der Waals surface area (Å²) in [6.07, 6.45) is 1.02. The maximum Gasteiger partial charge on any atom is 0.226 e. The summed E-state index contributed by atoms with van der Waals surface area (Å²) in [5, 5.41) is 12.0. The lowest BCUT2D eigenvalue weighted by Crippen LogP contribution is -2.12. The van der Waals surface area contributed by atoms with Crippen molar-refractivity contribution in [3.63, 3.8) is 0 Å². The number of benzene rings is 1. The fraction of sp³-hybridized carbons (Fsp3) is 0.353. The smallest absolute Gasteiger partial charge is 0.226 e. The number of hydrogen-bond acceptors (Lipinski definition) is 6. The van der Waals surface area contributed by atoms with E-state index >= 15 is 0 Å². The van der Waals surface area contributed by atoms with Gasteiger partial charge < -0.3 is 10.1 Å². The molecule has 0 aliphatic heterocycles. The molecule has 0 saturated heterocycles. The topological polar surface area (TPSA) is 75.0 Å². The van der Waals surface area contributed by atoms with Gasteiger partial charge in [-0.1, -0.05) is 35.2 Å². The summed E-state index contributed by atoms with van der Waals surface area (Å²) in [4.78, 5) is 16.3. The standard InChI is InChI=1S/C17H19N3O2S2/c1-12-5-3-6-14(11-12)22-9-4-7-15(21)20-17-19-13(2)16(24-17)23-10-8-18/h3,5-6,11H,4,7,9-10H2,1-2H3,(H,19,20,21). The largest absolute Gasteiger partial charge is 0.494 e. The van der Waals surface area contributed by atoms with Gasteiger partial charge in [-0.3, -0.25) is 4.79 Å². The van der Waals surface area contributed by atoms with E-state index in [0.29, 0.717) is 30.3 Å². The van der Waals surface area contributed by atoms with Crippen molar-refractivity contribution in [2.75, 3.05) is 17.7 Å². The zero-order valence-electron chi connectivity index (χ0n) is 13.7. The van der Waals surface area contributed by atoms with Crippen LogP contribution in [-0.2, 0) is 4.79 Å². The molecular weight excluding hydrogens is 342 g/mol. The van der Waals surface area contributed by atoms with Crippen LogP contribution in [0.15, 0.2) is 28.5 Å². The van der Waals surface area contributed by atoms with Crippen molar-refractivity contribution in [3.05, 3.63) is 35.5 Å². The number of carbonyl (C=O) groups is 1. The van der Waals surface area contributed by atoms with E-state index in [9.17, 15) is 4.79 Å². The number of carbonyl (C=O) groups excluding carboxylic acids is 1. The third kappa shape index (κ3) is 5.87. The molecule has 0 fully saturated rings. The fourth-order valence-corrected chi connectivity index (χ4v) is 3.79. The molecule has 1 N–H and O–H groups in total. The number of nitriles is 1. The van der Waals surface area contributed by atoms with E-state index < -0.39 is 0 Å². The Morgan fingerprint density at radius 3 is 3.04 bits per heavy atom. The van der Waals surface area contributed by atoms with Gasteiger partial charge in [0.15, 0.2) is 5.13 Å². The van der Waals surface area contributed by atoms with Gasteiger partial charge in [-0.05, 0) is 38.0 Å². The molecular formula is C17H19N3O2S2.